The summed E-state index contributed by atoms with van der Waals surface area (Å²) >= 11 is 3.33. The van der Waals surface area contributed by atoms with Crippen LogP contribution in [0.3, 0.4) is 0 Å². The molecular weight excluding hydrogens is 436 g/mol. The van der Waals surface area contributed by atoms with Crippen LogP contribution in [0.2, 0.25) is 0 Å². The molecule has 3 rings (SSSR count). The molecule has 1 aliphatic heterocycles. The molecule has 2 aromatic carbocycles. The van der Waals surface area contributed by atoms with Crippen LogP contribution in [0.15, 0.2) is 51.8 Å². The van der Waals surface area contributed by atoms with Gasteiger partial charge >= 0.3 is 0 Å². The lowest BCUT2D eigenvalue weighted by Gasteiger charge is -2.11. The summed E-state index contributed by atoms with van der Waals surface area (Å²) in [5.41, 5.74) is 0.639. The van der Waals surface area contributed by atoms with E-state index in [1.165, 1.54) is 12.1 Å². The van der Waals surface area contributed by atoms with Gasteiger partial charge in [0.15, 0.2) is 11.5 Å². The van der Waals surface area contributed by atoms with E-state index in [9.17, 15) is 13.2 Å². The second-order valence-electron chi connectivity index (χ2n) is 5.87. The fourth-order valence-corrected chi connectivity index (χ4v) is 3.93. The van der Waals surface area contributed by atoms with Gasteiger partial charge < -0.3 is 14.8 Å². The maximum absolute atomic E-state index is 12.4. The molecule has 1 heterocycles. The number of anilines is 1. The Morgan fingerprint density at radius 1 is 1.07 bits per heavy atom. The number of amides is 1. The van der Waals surface area contributed by atoms with Crippen molar-refractivity contribution in [1.82, 2.24) is 4.72 Å². The first-order chi connectivity index (χ1) is 12.9. The average molecular weight is 455 g/mol. The second kappa shape index (κ2) is 8.73. The molecule has 0 atom stereocenters. The van der Waals surface area contributed by atoms with Gasteiger partial charge in [-0.15, -0.1) is 0 Å². The Labute approximate surface area is 166 Å². The van der Waals surface area contributed by atoms with Crippen molar-refractivity contribution in [3.8, 4) is 11.5 Å². The van der Waals surface area contributed by atoms with E-state index in [2.05, 4.69) is 26.0 Å². The third-order valence-electron chi connectivity index (χ3n) is 3.78. The second-order valence-corrected chi connectivity index (χ2v) is 8.55. The molecule has 9 heteroatoms. The lowest BCUT2D eigenvalue weighted by molar-refractivity contribution is -0.116. The number of carbonyl (C=O) groups excluding carboxylic acids is 1. The van der Waals surface area contributed by atoms with E-state index in [0.29, 0.717) is 30.4 Å². The van der Waals surface area contributed by atoms with Crippen LogP contribution in [0.4, 0.5) is 5.69 Å². The van der Waals surface area contributed by atoms with Gasteiger partial charge in [-0.3, -0.25) is 4.79 Å². The highest BCUT2D eigenvalue weighted by Crippen LogP contribution is 2.31. The van der Waals surface area contributed by atoms with E-state index >= 15 is 0 Å². The van der Waals surface area contributed by atoms with Crippen molar-refractivity contribution >= 4 is 37.5 Å². The van der Waals surface area contributed by atoms with Crippen LogP contribution in [0.5, 0.6) is 11.5 Å². The highest BCUT2D eigenvalue weighted by Gasteiger charge is 2.19. The molecule has 0 radical (unpaired) electrons. The van der Waals surface area contributed by atoms with Gasteiger partial charge in [-0.25, -0.2) is 13.1 Å². The molecule has 2 N–H and O–H groups in total. The van der Waals surface area contributed by atoms with Crippen LogP contribution in [-0.2, 0) is 14.8 Å². The first-order valence-corrected chi connectivity index (χ1v) is 10.7. The summed E-state index contributed by atoms with van der Waals surface area (Å²) in [5, 5.41) is 2.72. The number of ether oxygens (including phenoxy) is 2. The Bertz CT molecular complexity index is 933. The summed E-state index contributed by atoms with van der Waals surface area (Å²) in [6, 6.07) is 11.6. The van der Waals surface area contributed by atoms with Crippen LogP contribution >= 0.6 is 15.9 Å². The van der Waals surface area contributed by atoms with Gasteiger partial charge in [0.05, 0.1) is 18.1 Å². The highest BCUT2D eigenvalue weighted by atomic mass is 79.9. The Morgan fingerprint density at radius 3 is 2.63 bits per heavy atom. The van der Waals surface area contributed by atoms with E-state index in [0.717, 1.165) is 10.9 Å². The van der Waals surface area contributed by atoms with Gasteiger partial charge in [0.2, 0.25) is 15.9 Å². The number of halogens is 1. The smallest absolute Gasteiger partial charge is 0.240 e. The number of benzene rings is 2. The molecule has 0 saturated heterocycles. The molecule has 1 aliphatic rings. The summed E-state index contributed by atoms with van der Waals surface area (Å²) in [5.74, 6) is 0.650. The zero-order chi connectivity index (χ0) is 19.3. The third-order valence-corrected chi connectivity index (χ3v) is 5.73. The van der Waals surface area contributed by atoms with Crippen molar-refractivity contribution in [2.45, 2.75) is 17.7 Å². The molecule has 0 bridgehead atoms. The normalized spacial score (nSPS) is 13.7. The Kier molecular flexibility index (Phi) is 6.35. The number of sulfonamides is 1. The minimum absolute atomic E-state index is 0.0102. The number of hydrogen-bond donors (Lipinski definition) is 2. The van der Waals surface area contributed by atoms with Crippen LogP contribution in [-0.4, -0.2) is 34.1 Å². The van der Waals surface area contributed by atoms with E-state index in [4.69, 9.17) is 9.47 Å². The number of nitrogens with one attached hydrogen (secondary N) is 2. The van der Waals surface area contributed by atoms with Gasteiger partial charge in [-0.2, -0.15) is 0 Å². The van der Waals surface area contributed by atoms with Crippen molar-refractivity contribution in [3.63, 3.8) is 0 Å². The molecule has 0 saturated carbocycles. The zero-order valence-electron chi connectivity index (χ0n) is 14.4. The quantitative estimate of drug-likeness (QED) is 0.699. The van der Waals surface area contributed by atoms with Gasteiger partial charge in [0.1, 0.15) is 0 Å². The molecule has 0 aromatic heterocycles. The number of carbonyl (C=O) groups is 1. The van der Waals surface area contributed by atoms with Gasteiger partial charge in [0.25, 0.3) is 0 Å². The van der Waals surface area contributed by atoms with Crippen molar-refractivity contribution in [3.05, 3.63) is 46.9 Å². The van der Waals surface area contributed by atoms with Crippen molar-refractivity contribution in [2.75, 3.05) is 25.1 Å². The summed E-state index contributed by atoms with van der Waals surface area (Å²) in [6.45, 7) is 0.987. The SMILES string of the molecule is O=C(CCNS(=O)(=O)c1ccc2c(c1)OCCCO2)Nc1cccc(Br)c1. The standard InChI is InChI=1S/C18H19BrN2O5S/c19-13-3-1-4-14(11-13)21-18(22)7-8-20-27(23,24)15-5-6-16-17(12-15)26-10-2-9-25-16/h1,3-6,11-12,20H,2,7-10H2,(H,21,22). The fourth-order valence-electron chi connectivity index (χ4n) is 2.48. The van der Waals surface area contributed by atoms with Crippen molar-refractivity contribution in [1.29, 1.82) is 0 Å². The largest absolute Gasteiger partial charge is 0.490 e. The van der Waals surface area contributed by atoms with Gasteiger partial charge in [0, 0.05) is 35.6 Å². The minimum atomic E-state index is -3.75. The lowest BCUT2D eigenvalue weighted by Crippen LogP contribution is -2.27. The van der Waals surface area contributed by atoms with Crippen LogP contribution in [0, 0.1) is 0 Å². The van der Waals surface area contributed by atoms with Gasteiger partial charge in [-0.05, 0) is 30.3 Å². The topological polar surface area (TPSA) is 93.7 Å². The fraction of sp³-hybridized carbons (Fsp3) is 0.278. The number of rotatable bonds is 6. The molecule has 27 heavy (non-hydrogen) atoms. The molecule has 0 fully saturated rings. The predicted molar refractivity (Wildman–Crippen MR) is 105 cm³/mol. The monoisotopic (exact) mass is 454 g/mol. The Morgan fingerprint density at radius 2 is 1.85 bits per heavy atom. The first kappa shape index (κ1) is 19.7. The van der Waals surface area contributed by atoms with Crippen molar-refractivity contribution in [2.24, 2.45) is 0 Å². The molecule has 144 valence electrons. The number of hydrogen-bond acceptors (Lipinski definition) is 5. The third kappa shape index (κ3) is 5.44. The predicted octanol–water partition coefficient (Wildman–Crippen LogP) is 2.92. The summed E-state index contributed by atoms with van der Waals surface area (Å²) in [6.07, 6.45) is 0.748. The molecule has 1 amide bonds. The summed E-state index contributed by atoms with van der Waals surface area (Å²) in [4.78, 5) is 12.0. The molecular formula is C18H19BrN2O5S. The average Bonchev–Trinajstić information content (AvgIpc) is 2.86. The van der Waals surface area contributed by atoms with Crippen molar-refractivity contribution < 1.29 is 22.7 Å². The molecule has 0 aliphatic carbocycles. The van der Waals surface area contributed by atoms with Crippen LogP contribution in [0.1, 0.15) is 12.8 Å². The molecule has 0 unspecified atom stereocenters. The maximum Gasteiger partial charge on any atom is 0.240 e. The summed E-state index contributed by atoms with van der Waals surface area (Å²) in [7, 11) is -3.75. The van der Waals surface area contributed by atoms with E-state index < -0.39 is 10.0 Å². The van der Waals surface area contributed by atoms with Crippen LogP contribution < -0.4 is 19.5 Å². The lowest BCUT2D eigenvalue weighted by atomic mass is 10.3. The molecule has 7 nitrogen and oxygen atoms in total. The Balaban J connectivity index is 1.57. The highest BCUT2D eigenvalue weighted by molar-refractivity contribution is 9.10. The minimum Gasteiger partial charge on any atom is -0.490 e. The van der Waals surface area contributed by atoms with E-state index in [1.807, 2.05) is 6.07 Å². The molecule has 2 aromatic rings. The number of fused-ring (bicyclic) bond motifs is 1. The first-order valence-electron chi connectivity index (χ1n) is 8.39. The van der Waals surface area contributed by atoms with Gasteiger partial charge in [-0.1, -0.05) is 22.0 Å². The zero-order valence-corrected chi connectivity index (χ0v) is 16.8. The van der Waals surface area contributed by atoms with E-state index in [-0.39, 0.29) is 23.8 Å². The van der Waals surface area contributed by atoms with E-state index in [1.54, 1.807) is 24.3 Å². The maximum atomic E-state index is 12.4. The molecule has 0 spiro atoms. The Hall–Kier alpha value is -2.10. The summed E-state index contributed by atoms with van der Waals surface area (Å²) < 4.78 is 39.2. The van der Waals surface area contributed by atoms with Crippen LogP contribution in [0.25, 0.3) is 0 Å².